The Balaban J connectivity index is 0. The molecule has 2 N–H and O–H groups in total. The van der Waals surface area contributed by atoms with Crippen LogP contribution in [-0.4, -0.2) is 23.0 Å². The molecular formula is C6H9Cl2N3O2. The molecule has 0 bridgehead atoms. The highest BCUT2D eigenvalue weighted by molar-refractivity contribution is 5.91. The molecule has 0 fully saturated rings. The van der Waals surface area contributed by atoms with E-state index in [1.165, 1.54) is 19.5 Å². The number of carbonyl (C=O) groups excluding carboxylic acids is 1. The molecule has 7 heteroatoms. The van der Waals surface area contributed by atoms with Crippen LogP contribution in [0, 0.1) is 0 Å². The minimum Gasteiger partial charge on any atom is -0.464 e. The van der Waals surface area contributed by atoms with Gasteiger partial charge in [-0.3, -0.25) is 0 Å². The molecule has 0 aromatic carbocycles. The molecule has 0 aliphatic carbocycles. The smallest absolute Gasteiger partial charge is 0.360 e. The Morgan fingerprint density at radius 2 is 1.92 bits per heavy atom. The molecule has 0 saturated carbocycles. The Morgan fingerprint density at radius 3 is 2.38 bits per heavy atom. The molecule has 0 saturated heterocycles. The maximum absolute atomic E-state index is 10.8. The van der Waals surface area contributed by atoms with Gasteiger partial charge in [-0.1, -0.05) is 0 Å². The van der Waals surface area contributed by atoms with Crippen molar-refractivity contribution >= 4 is 36.6 Å². The second kappa shape index (κ2) is 6.45. The van der Waals surface area contributed by atoms with E-state index in [-0.39, 0.29) is 36.3 Å². The maximum atomic E-state index is 10.8. The topological polar surface area (TPSA) is 78.1 Å². The van der Waals surface area contributed by atoms with E-state index in [1.807, 2.05) is 0 Å². The summed E-state index contributed by atoms with van der Waals surface area (Å²) in [5.74, 6) is -0.491. The van der Waals surface area contributed by atoms with Gasteiger partial charge in [-0.25, -0.2) is 14.8 Å². The van der Waals surface area contributed by atoms with Crippen LogP contribution in [0.3, 0.4) is 0 Å². The number of hydrogen-bond donors (Lipinski definition) is 1. The summed E-state index contributed by atoms with van der Waals surface area (Å²) in [4.78, 5) is 18.2. The van der Waals surface area contributed by atoms with E-state index >= 15 is 0 Å². The second-order valence-electron chi connectivity index (χ2n) is 1.78. The van der Waals surface area contributed by atoms with E-state index in [2.05, 4.69) is 14.7 Å². The van der Waals surface area contributed by atoms with Crippen molar-refractivity contribution in [3.8, 4) is 0 Å². The predicted molar refractivity (Wildman–Crippen MR) is 52.3 cm³/mol. The van der Waals surface area contributed by atoms with Gasteiger partial charge >= 0.3 is 5.97 Å². The minimum absolute atomic E-state index is 0. The summed E-state index contributed by atoms with van der Waals surface area (Å²) in [7, 11) is 1.26. The van der Waals surface area contributed by atoms with Crippen molar-refractivity contribution in [2.45, 2.75) is 0 Å². The molecule has 0 aliphatic heterocycles. The van der Waals surface area contributed by atoms with Crippen LogP contribution in [0.4, 0.5) is 5.82 Å². The first-order chi connectivity index (χ1) is 5.25. The molecule has 0 spiro atoms. The Kier molecular flexibility index (Phi) is 7.17. The summed E-state index contributed by atoms with van der Waals surface area (Å²) in [6.45, 7) is 0. The number of halogens is 2. The van der Waals surface area contributed by atoms with Gasteiger partial charge in [0.2, 0.25) is 0 Å². The third-order valence-electron chi connectivity index (χ3n) is 1.11. The van der Waals surface area contributed by atoms with Crippen LogP contribution in [0.15, 0.2) is 12.4 Å². The molecule has 1 heterocycles. The molecule has 1 aromatic rings. The van der Waals surface area contributed by atoms with Crippen LogP contribution >= 0.6 is 24.8 Å². The van der Waals surface area contributed by atoms with Crippen LogP contribution in [0.25, 0.3) is 0 Å². The van der Waals surface area contributed by atoms with Crippen molar-refractivity contribution in [3.63, 3.8) is 0 Å². The summed E-state index contributed by atoms with van der Waals surface area (Å²) < 4.78 is 4.40. The molecular weight excluding hydrogens is 217 g/mol. The highest BCUT2D eigenvalue weighted by atomic mass is 35.5. The quantitative estimate of drug-likeness (QED) is 0.712. The zero-order chi connectivity index (χ0) is 8.27. The number of aromatic nitrogens is 2. The predicted octanol–water partition coefficient (Wildman–Crippen LogP) is 0.689. The Hall–Kier alpha value is -1.07. The lowest BCUT2D eigenvalue weighted by Gasteiger charge is -1.98. The van der Waals surface area contributed by atoms with Gasteiger partial charge in [0.15, 0.2) is 11.5 Å². The van der Waals surface area contributed by atoms with Crippen molar-refractivity contribution in [2.24, 2.45) is 0 Å². The van der Waals surface area contributed by atoms with Crippen LogP contribution in [-0.2, 0) is 4.74 Å². The number of ether oxygens (including phenoxy) is 1. The highest BCUT2D eigenvalue weighted by Crippen LogP contribution is 2.03. The van der Waals surface area contributed by atoms with Crippen molar-refractivity contribution < 1.29 is 9.53 Å². The normalized spacial score (nSPS) is 7.77. The molecule has 0 radical (unpaired) electrons. The molecule has 13 heavy (non-hydrogen) atoms. The summed E-state index contributed by atoms with van der Waals surface area (Å²) in [5.41, 5.74) is 5.37. The van der Waals surface area contributed by atoms with E-state index in [0.29, 0.717) is 0 Å². The number of carbonyl (C=O) groups is 1. The van der Waals surface area contributed by atoms with Gasteiger partial charge in [0, 0.05) is 12.4 Å². The number of methoxy groups -OCH3 is 1. The highest BCUT2D eigenvalue weighted by Gasteiger charge is 2.10. The molecule has 74 valence electrons. The number of esters is 1. The van der Waals surface area contributed by atoms with Gasteiger partial charge in [-0.15, -0.1) is 24.8 Å². The second-order valence-corrected chi connectivity index (χ2v) is 1.78. The summed E-state index contributed by atoms with van der Waals surface area (Å²) in [5, 5.41) is 0. The number of hydrogen-bond acceptors (Lipinski definition) is 5. The molecule has 5 nitrogen and oxygen atoms in total. The first-order valence-electron chi connectivity index (χ1n) is 2.90. The van der Waals surface area contributed by atoms with Gasteiger partial charge in [-0.05, 0) is 0 Å². The van der Waals surface area contributed by atoms with Gasteiger partial charge in [0.05, 0.1) is 7.11 Å². The fraction of sp³-hybridized carbons (Fsp3) is 0.167. The summed E-state index contributed by atoms with van der Waals surface area (Å²) in [6, 6.07) is 0. The molecule has 0 aliphatic rings. The fourth-order valence-electron chi connectivity index (χ4n) is 0.603. The minimum atomic E-state index is -0.574. The molecule has 0 atom stereocenters. The van der Waals surface area contributed by atoms with E-state index in [9.17, 15) is 4.79 Å². The van der Waals surface area contributed by atoms with Gasteiger partial charge in [0.25, 0.3) is 0 Å². The number of rotatable bonds is 1. The van der Waals surface area contributed by atoms with Crippen molar-refractivity contribution in [2.75, 3.05) is 12.8 Å². The van der Waals surface area contributed by atoms with E-state index in [1.54, 1.807) is 0 Å². The molecule has 0 unspecified atom stereocenters. The maximum Gasteiger partial charge on any atom is 0.360 e. The third-order valence-corrected chi connectivity index (χ3v) is 1.11. The Labute approximate surface area is 87.5 Å². The number of anilines is 1. The third kappa shape index (κ3) is 3.43. The lowest BCUT2D eigenvalue weighted by Crippen LogP contribution is -2.09. The van der Waals surface area contributed by atoms with Crippen molar-refractivity contribution in [1.82, 2.24) is 9.97 Å². The van der Waals surface area contributed by atoms with Crippen LogP contribution in [0.5, 0.6) is 0 Å². The van der Waals surface area contributed by atoms with Crippen LogP contribution in [0.2, 0.25) is 0 Å². The fourth-order valence-corrected chi connectivity index (χ4v) is 0.603. The van der Waals surface area contributed by atoms with Gasteiger partial charge in [0.1, 0.15) is 0 Å². The molecule has 0 amide bonds. The first-order valence-corrected chi connectivity index (χ1v) is 2.90. The Bertz CT molecular complexity index is 282. The average molecular weight is 226 g/mol. The van der Waals surface area contributed by atoms with Gasteiger partial charge < -0.3 is 10.5 Å². The van der Waals surface area contributed by atoms with Gasteiger partial charge in [-0.2, -0.15) is 0 Å². The lowest BCUT2D eigenvalue weighted by molar-refractivity contribution is 0.0595. The molecule has 1 rings (SSSR count). The van der Waals surface area contributed by atoms with E-state index < -0.39 is 5.97 Å². The summed E-state index contributed by atoms with van der Waals surface area (Å²) >= 11 is 0. The Morgan fingerprint density at radius 1 is 1.38 bits per heavy atom. The largest absolute Gasteiger partial charge is 0.464 e. The zero-order valence-electron chi connectivity index (χ0n) is 6.76. The number of nitrogen functional groups attached to an aromatic ring is 1. The molecule has 1 aromatic heterocycles. The zero-order valence-corrected chi connectivity index (χ0v) is 8.39. The monoisotopic (exact) mass is 225 g/mol. The lowest BCUT2D eigenvalue weighted by atomic mass is 10.4. The SMILES string of the molecule is COC(=O)c1nccnc1N.Cl.Cl. The van der Waals surface area contributed by atoms with E-state index in [4.69, 9.17) is 5.73 Å². The summed E-state index contributed by atoms with van der Waals surface area (Å²) in [6.07, 6.45) is 2.78. The van der Waals surface area contributed by atoms with E-state index in [0.717, 1.165) is 0 Å². The first kappa shape index (κ1) is 14.5. The number of nitrogens with zero attached hydrogens (tertiary/aromatic N) is 2. The van der Waals surface area contributed by atoms with Crippen LogP contribution < -0.4 is 5.73 Å². The van der Waals surface area contributed by atoms with Crippen molar-refractivity contribution in [3.05, 3.63) is 18.1 Å². The van der Waals surface area contributed by atoms with Crippen molar-refractivity contribution in [1.29, 1.82) is 0 Å². The van der Waals surface area contributed by atoms with Crippen LogP contribution in [0.1, 0.15) is 10.5 Å². The standard InChI is InChI=1S/C6H7N3O2.2ClH/c1-11-6(10)4-5(7)9-3-2-8-4;;/h2-3H,1H3,(H2,7,9);2*1H. The number of nitrogens with two attached hydrogens (primary N) is 1. The average Bonchev–Trinajstić information content (AvgIpc) is 2.04.